The predicted octanol–water partition coefficient (Wildman–Crippen LogP) is 1.91. The van der Waals surface area contributed by atoms with Crippen LogP contribution in [-0.4, -0.2) is 30.8 Å². The monoisotopic (exact) mass is 302 g/mol. The van der Waals surface area contributed by atoms with Crippen molar-refractivity contribution in [2.75, 3.05) is 16.8 Å². The molecule has 1 aliphatic heterocycles. The quantitative estimate of drug-likeness (QED) is 0.925. The van der Waals surface area contributed by atoms with Crippen LogP contribution in [0.25, 0.3) is 0 Å². The number of anilines is 1. The highest BCUT2D eigenvalue weighted by Crippen LogP contribution is 2.24. The van der Waals surface area contributed by atoms with Gasteiger partial charge in [0.15, 0.2) is 5.13 Å². The summed E-state index contributed by atoms with van der Waals surface area (Å²) in [5.41, 5.74) is 0.934. The Kier molecular flexibility index (Phi) is 4.25. The molecule has 106 valence electrons. The van der Waals surface area contributed by atoms with E-state index >= 15 is 0 Å². The minimum Gasteiger partial charge on any atom is -0.302 e. The van der Waals surface area contributed by atoms with E-state index in [4.69, 9.17) is 0 Å². The normalized spacial score (nSPS) is 19.3. The highest BCUT2D eigenvalue weighted by Gasteiger charge is 2.25. The first kappa shape index (κ1) is 14.5. The first-order valence-electron chi connectivity index (χ1n) is 6.30. The number of aryl methyl sites for hydroxylation is 2. The topological polar surface area (TPSA) is 76.1 Å². The summed E-state index contributed by atoms with van der Waals surface area (Å²) in [5.74, 6) is 0.518. The van der Waals surface area contributed by atoms with E-state index in [9.17, 15) is 13.2 Å². The first-order valence-corrected chi connectivity index (χ1v) is 8.94. The van der Waals surface area contributed by atoms with Crippen molar-refractivity contribution in [3.8, 4) is 0 Å². The van der Waals surface area contributed by atoms with Crippen molar-refractivity contribution in [2.45, 2.75) is 33.1 Å². The molecule has 7 heteroatoms. The molecule has 1 saturated heterocycles. The summed E-state index contributed by atoms with van der Waals surface area (Å²) in [6.45, 7) is 3.88. The molecule has 0 spiro atoms. The van der Waals surface area contributed by atoms with Gasteiger partial charge in [-0.25, -0.2) is 13.4 Å². The molecule has 0 bridgehead atoms. The van der Waals surface area contributed by atoms with Gasteiger partial charge in [0.25, 0.3) is 0 Å². The maximum Gasteiger partial charge on any atom is 0.226 e. The summed E-state index contributed by atoms with van der Waals surface area (Å²) in [7, 11) is -2.85. The second-order valence-electron chi connectivity index (χ2n) is 5.01. The zero-order valence-electron chi connectivity index (χ0n) is 11.1. The smallest absolute Gasteiger partial charge is 0.226 e. The van der Waals surface area contributed by atoms with Crippen molar-refractivity contribution >= 4 is 32.2 Å². The Labute approximate surface area is 117 Å². The number of aromatic nitrogens is 1. The first-order chi connectivity index (χ1) is 8.85. The van der Waals surface area contributed by atoms with Gasteiger partial charge in [-0.15, -0.1) is 11.3 Å². The maximum atomic E-state index is 11.9. The second-order valence-corrected chi connectivity index (χ2v) is 8.51. The van der Waals surface area contributed by atoms with Gasteiger partial charge in [0.05, 0.1) is 17.2 Å². The Morgan fingerprint density at radius 2 is 2.00 bits per heavy atom. The van der Waals surface area contributed by atoms with Crippen LogP contribution in [0, 0.1) is 19.8 Å². The molecule has 0 aliphatic carbocycles. The van der Waals surface area contributed by atoms with E-state index in [1.807, 2.05) is 13.8 Å². The molecule has 0 radical (unpaired) electrons. The molecule has 1 aromatic rings. The lowest BCUT2D eigenvalue weighted by Gasteiger charge is -2.20. The summed E-state index contributed by atoms with van der Waals surface area (Å²) in [6, 6.07) is 0. The fraction of sp³-hybridized carbons (Fsp3) is 0.667. The van der Waals surface area contributed by atoms with Crippen molar-refractivity contribution in [3.05, 3.63) is 10.6 Å². The van der Waals surface area contributed by atoms with Crippen molar-refractivity contribution in [1.82, 2.24) is 4.98 Å². The van der Waals surface area contributed by atoms with E-state index in [1.54, 1.807) is 0 Å². The molecule has 1 N–H and O–H groups in total. The third kappa shape index (κ3) is 4.01. The molecule has 0 aromatic carbocycles. The molecule has 0 unspecified atom stereocenters. The van der Waals surface area contributed by atoms with Crippen molar-refractivity contribution in [2.24, 2.45) is 5.92 Å². The number of hydrogen-bond donors (Lipinski definition) is 1. The predicted molar refractivity (Wildman–Crippen MR) is 76.2 cm³/mol. The highest BCUT2D eigenvalue weighted by molar-refractivity contribution is 7.91. The summed E-state index contributed by atoms with van der Waals surface area (Å²) < 4.78 is 22.6. The fourth-order valence-corrected chi connectivity index (χ4v) is 4.52. The van der Waals surface area contributed by atoms with Gasteiger partial charge in [-0.3, -0.25) is 4.79 Å². The van der Waals surface area contributed by atoms with Crippen LogP contribution in [0.1, 0.15) is 29.8 Å². The summed E-state index contributed by atoms with van der Waals surface area (Å²) >= 11 is 1.47. The Morgan fingerprint density at radius 3 is 2.53 bits per heavy atom. The van der Waals surface area contributed by atoms with Crippen LogP contribution in [0.3, 0.4) is 0 Å². The molecule has 1 fully saturated rings. The van der Waals surface area contributed by atoms with E-state index in [2.05, 4.69) is 10.3 Å². The number of nitrogens with zero attached hydrogens (tertiary/aromatic N) is 1. The van der Waals surface area contributed by atoms with Crippen LogP contribution in [0.5, 0.6) is 0 Å². The number of hydrogen-bond acceptors (Lipinski definition) is 5. The Balaban J connectivity index is 1.85. The maximum absolute atomic E-state index is 11.9. The molecular weight excluding hydrogens is 284 g/mol. The molecule has 5 nitrogen and oxygen atoms in total. The number of sulfone groups is 1. The van der Waals surface area contributed by atoms with Gasteiger partial charge in [-0.2, -0.15) is 0 Å². The number of thiazole rings is 1. The molecule has 0 saturated carbocycles. The van der Waals surface area contributed by atoms with Crippen LogP contribution in [0.4, 0.5) is 5.13 Å². The van der Waals surface area contributed by atoms with Crippen molar-refractivity contribution < 1.29 is 13.2 Å². The standard InChI is InChI=1S/C12H18N2O3S2/c1-8-9(2)18-12(13-8)14-11(15)7-10-3-5-19(16,17)6-4-10/h10H,3-7H2,1-2H3,(H,13,14,15). The van der Waals surface area contributed by atoms with Gasteiger partial charge < -0.3 is 5.32 Å². The zero-order chi connectivity index (χ0) is 14.0. The van der Waals surface area contributed by atoms with E-state index in [0.29, 0.717) is 24.4 Å². The Bertz CT molecular complexity index is 544. The van der Waals surface area contributed by atoms with Crippen LogP contribution in [0.2, 0.25) is 0 Å². The Morgan fingerprint density at radius 1 is 1.37 bits per heavy atom. The lowest BCUT2D eigenvalue weighted by Crippen LogP contribution is -2.26. The van der Waals surface area contributed by atoms with E-state index in [0.717, 1.165) is 10.6 Å². The van der Waals surface area contributed by atoms with Crippen molar-refractivity contribution in [3.63, 3.8) is 0 Å². The molecular formula is C12H18N2O3S2. The minimum atomic E-state index is -2.85. The highest BCUT2D eigenvalue weighted by atomic mass is 32.2. The van der Waals surface area contributed by atoms with E-state index < -0.39 is 9.84 Å². The largest absolute Gasteiger partial charge is 0.302 e. The lowest BCUT2D eigenvalue weighted by atomic mass is 9.99. The average Bonchev–Trinajstić information content (AvgIpc) is 2.61. The SMILES string of the molecule is Cc1nc(NC(=O)CC2CCS(=O)(=O)CC2)sc1C. The molecule has 2 heterocycles. The van der Waals surface area contributed by atoms with Crippen LogP contribution in [-0.2, 0) is 14.6 Å². The minimum absolute atomic E-state index is 0.0713. The number of carbonyl (C=O) groups excluding carboxylic acids is 1. The lowest BCUT2D eigenvalue weighted by molar-refractivity contribution is -0.117. The fourth-order valence-electron chi connectivity index (χ4n) is 2.10. The van der Waals surface area contributed by atoms with Gasteiger partial charge in [-0.05, 0) is 32.6 Å². The molecule has 19 heavy (non-hydrogen) atoms. The second kappa shape index (κ2) is 5.58. The third-order valence-corrected chi connectivity index (χ3v) is 6.13. The van der Waals surface area contributed by atoms with Gasteiger partial charge in [-0.1, -0.05) is 0 Å². The van der Waals surface area contributed by atoms with Crippen LogP contribution in [0.15, 0.2) is 0 Å². The third-order valence-electron chi connectivity index (χ3n) is 3.42. The van der Waals surface area contributed by atoms with Gasteiger partial charge >= 0.3 is 0 Å². The molecule has 1 aromatic heterocycles. The number of rotatable bonds is 3. The summed E-state index contributed by atoms with van der Waals surface area (Å²) in [5, 5.41) is 3.42. The van der Waals surface area contributed by atoms with Gasteiger partial charge in [0.2, 0.25) is 5.91 Å². The van der Waals surface area contributed by atoms with E-state index in [1.165, 1.54) is 11.3 Å². The molecule has 1 aliphatic rings. The molecule has 2 rings (SSSR count). The summed E-state index contributed by atoms with van der Waals surface area (Å²) in [6.07, 6.45) is 1.56. The number of nitrogens with one attached hydrogen (secondary N) is 1. The zero-order valence-corrected chi connectivity index (χ0v) is 12.7. The molecule has 0 atom stereocenters. The number of amides is 1. The van der Waals surface area contributed by atoms with Gasteiger partial charge in [0, 0.05) is 11.3 Å². The molecule has 1 amide bonds. The van der Waals surface area contributed by atoms with E-state index in [-0.39, 0.29) is 23.3 Å². The Hall–Kier alpha value is -0.950. The van der Waals surface area contributed by atoms with Crippen molar-refractivity contribution in [1.29, 1.82) is 0 Å². The van der Waals surface area contributed by atoms with Crippen LogP contribution < -0.4 is 5.32 Å². The average molecular weight is 302 g/mol. The van der Waals surface area contributed by atoms with Crippen LogP contribution >= 0.6 is 11.3 Å². The summed E-state index contributed by atoms with van der Waals surface area (Å²) in [4.78, 5) is 17.2. The number of carbonyl (C=O) groups is 1. The van der Waals surface area contributed by atoms with Gasteiger partial charge in [0.1, 0.15) is 9.84 Å².